The molecule has 2 N–H and O–H groups in total. The van der Waals surface area contributed by atoms with Crippen molar-refractivity contribution in [2.75, 3.05) is 11.0 Å². The average molecular weight is 837 g/mol. The van der Waals surface area contributed by atoms with Crippen LogP contribution in [0.2, 0.25) is 5.02 Å². The minimum Gasteiger partial charge on any atom is -0.344 e. The van der Waals surface area contributed by atoms with Crippen molar-refractivity contribution >= 4 is 55.2 Å². The van der Waals surface area contributed by atoms with Crippen LogP contribution in [0.25, 0.3) is 27.5 Å². The molecule has 8 rings (SSSR count). The predicted octanol–water partition coefficient (Wildman–Crippen LogP) is 6.47. The van der Waals surface area contributed by atoms with Gasteiger partial charge >= 0.3 is 0 Å². The number of sulfonamides is 1. The Morgan fingerprint density at radius 1 is 1.07 bits per heavy atom. The van der Waals surface area contributed by atoms with Crippen LogP contribution >= 0.6 is 11.6 Å². The van der Waals surface area contributed by atoms with E-state index in [9.17, 15) is 35.6 Å². The van der Waals surface area contributed by atoms with Gasteiger partial charge in [-0.3, -0.25) is 28.2 Å². The largest absolute Gasteiger partial charge is 0.344 e. The van der Waals surface area contributed by atoms with Crippen LogP contribution in [0.15, 0.2) is 47.3 Å². The molecule has 3 heterocycles. The van der Waals surface area contributed by atoms with E-state index in [1.54, 1.807) is 0 Å². The number of rotatable bonds is 10. The Labute approximate surface area is 322 Å². The number of carbonyl (C=O) groups excluding carboxylic acids is 1. The molecule has 1 saturated carbocycles. The van der Waals surface area contributed by atoms with Gasteiger partial charge in [0.2, 0.25) is 15.9 Å². The molecule has 57 heavy (non-hydrogen) atoms. The molecule has 2 aliphatic rings. The summed E-state index contributed by atoms with van der Waals surface area (Å²) in [6.07, 6.45) is -2.88. The molecule has 298 valence electrons. The highest BCUT2D eigenvalue weighted by Gasteiger charge is 2.67. The zero-order chi connectivity index (χ0) is 41.0. The highest BCUT2D eigenvalue weighted by Crippen LogP contribution is 2.68. The van der Waals surface area contributed by atoms with E-state index in [0.717, 1.165) is 29.0 Å². The van der Waals surface area contributed by atoms with Crippen LogP contribution in [-0.2, 0) is 40.8 Å². The van der Waals surface area contributed by atoms with Crippen LogP contribution in [-0.4, -0.2) is 49.7 Å². The minimum absolute atomic E-state index is 0.00119. The Morgan fingerprint density at radius 3 is 2.44 bits per heavy atom. The fourth-order valence-electron chi connectivity index (χ4n) is 7.76. The second kappa shape index (κ2) is 13.3. The fourth-order valence-corrected chi connectivity index (χ4v) is 8.49. The Hall–Kier alpha value is -5.50. The number of nitrogens with one attached hydrogen (secondary N) is 2. The molecule has 6 aromatic rings. The molecule has 1 amide bonds. The maximum atomic E-state index is 15.4. The molecule has 3 aromatic heterocycles. The molecular weight excluding hydrogens is 809 g/mol. The molecule has 2 aliphatic carbocycles. The van der Waals surface area contributed by atoms with E-state index in [0.29, 0.717) is 10.7 Å². The highest BCUT2D eigenvalue weighted by atomic mass is 35.5. The molecule has 3 aromatic carbocycles. The van der Waals surface area contributed by atoms with Gasteiger partial charge in [-0.15, -0.1) is 0 Å². The maximum absolute atomic E-state index is 15.4. The van der Waals surface area contributed by atoms with Crippen molar-refractivity contribution in [2.24, 2.45) is 13.0 Å². The SMILES string of the molecule is Cc1c(F)ccc2c(=O)n(-c3ccc(Cl)c4c(NS(C)(=O)=O)nn(C)c34)c([C@H](Cc3cc(F)cc(F)c3)NC(=O)Cn3nc(C(F)F)c4c3C(F)(F)[C@@H]3C[C@H]43)nc12. The van der Waals surface area contributed by atoms with Crippen molar-refractivity contribution in [1.82, 2.24) is 34.4 Å². The summed E-state index contributed by atoms with van der Waals surface area (Å²) in [4.78, 5) is 33.2. The molecule has 3 atom stereocenters. The summed E-state index contributed by atoms with van der Waals surface area (Å²) < 4.78 is 132. The summed E-state index contributed by atoms with van der Waals surface area (Å²) in [6.45, 7) is 0.319. The number of benzene rings is 3. The van der Waals surface area contributed by atoms with Gasteiger partial charge in [0.1, 0.15) is 41.2 Å². The van der Waals surface area contributed by atoms with Gasteiger partial charge in [-0.2, -0.15) is 19.0 Å². The summed E-state index contributed by atoms with van der Waals surface area (Å²) in [5, 5.41) is 10.4. The number of alkyl halides is 4. The quantitative estimate of drug-likeness (QED) is 0.151. The third kappa shape index (κ3) is 6.47. The van der Waals surface area contributed by atoms with Crippen molar-refractivity contribution in [2.45, 2.75) is 50.6 Å². The molecule has 0 bridgehead atoms. The number of hydrogen-bond acceptors (Lipinski definition) is 7. The van der Waals surface area contributed by atoms with Gasteiger partial charge in [-0.25, -0.2) is 35.4 Å². The van der Waals surface area contributed by atoms with Crippen LogP contribution in [0.1, 0.15) is 58.7 Å². The molecule has 0 saturated heterocycles. The number of halogens is 8. The molecule has 21 heteroatoms. The van der Waals surface area contributed by atoms with Gasteiger partial charge < -0.3 is 5.32 Å². The smallest absolute Gasteiger partial charge is 0.293 e. The van der Waals surface area contributed by atoms with Gasteiger partial charge in [0.25, 0.3) is 17.9 Å². The van der Waals surface area contributed by atoms with Crippen molar-refractivity contribution in [3.8, 4) is 5.69 Å². The number of aryl methyl sites for hydroxylation is 2. The lowest BCUT2D eigenvalue weighted by atomic mass is 10.0. The first-order chi connectivity index (χ1) is 26.7. The van der Waals surface area contributed by atoms with E-state index in [1.165, 1.54) is 36.9 Å². The first-order valence-corrected chi connectivity index (χ1v) is 19.4. The highest BCUT2D eigenvalue weighted by molar-refractivity contribution is 7.92. The van der Waals surface area contributed by atoms with Crippen molar-refractivity contribution in [3.63, 3.8) is 0 Å². The van der Waals surface area contributed by atoms with Gasteiger partial charge in [0.05, 0.1) is 44.8 Å². The maximum Gasteiger partial charge on any atom is 0.293 e. The Bertz CT molecular complexity index is 2860. The first-order valence-electron chi connectivity index (χ1n) is 17.1. The normalized spacial score (nSPS) is 17.6. The lowest BCUT2D eigenvalue weighted by molar-refractivity contribution is -0.123. The Kier molecular flexibility index (Phi) is 8.95. The minimum atomic E-state index is -3.92. The summed E-state index contributed by atoms with van der Waals surface area (Å²) in [5.74, 6) is -10.1. The van der Waals surface area contributed by atoms with Crippen molar-refractivity contribution < 1.29 is 43.9 Å². The van der Waals surface area contributed by atoms with Gasteiger partial charge in [0.15, 0.2) is 5.82 Å². The number of nitrogens with zero attached hydrogens (tertiary/aromatic N) is 6. The van der Waals surface area contributed by atoms with E-state index in [1.807, 2.05) is 0 Å². The van der Waals surface area contributed by atoms with Crippen LogP contribution in [0.3, 0.4) is 0 Å². The molecule has 0 aliphatic heterocycles. The third-order valence-corrected chi connectivity index (χ3v) is 11.0. The third-order valence-electron chi connectivity index (χ3n) is 10.2. The first kappa shape index (κ1) is 38.4. The number of hydrogen-bond donors (Lipinski definition) is 2. The summed E-state index contributed by atoms with van der Waals surface area (Å²) >= 11 is 6.55. The summed E-state index contributed by atoms with van der Waals surface area (Å²) in [7, 11) is -2.50. The number of aromatic nitrogens is 6. The van der Waals surface area contributed by atoms with Crippen LogP contribution in [0.4, 0.5) is 36.6 Å². The summed E-state index contributed by atoms with van der Waals surface area (Å²) in [6, 6.07) is 5.75. The predicted molar refractivity (Wildman–Crippen MR) is 193 cm³/mol. The molecule has 0 spiro atoms. The molecular formula is C36H28ClF7N8O4S. The van der Waals surface area contributed by atoms with Crippen molar-refractivity contribution in [3.05, 3.63) is 109 Å². The van der Waals surface area contributed by atoms with Gasteiger partial charge in [-0.05, 0) is 61.2 Å². The second-order valence-corrected chi connectivity index (χ2v) is 16.3. The fraction of sp³-hybridized carbons (Fsp3) is 0.306. The molecule has 1 fully saturated rings. The number of fused-ring (bicyclic) bond motifs is 5. The average Bonchev–Trinajstić information content (AvgIpc) is 3.65. The molecule has 0 radical (unpaired) electrons. The van der Waals surface area contributed by atoms with E-state index in [2.05, 4.69) is 25.2 Å². The number of carbonyl (C=O) groups is 1. The Balaban J connectivity index is 1.34. The topological polar surface area (TPSA) is 146 Å². The van der Waals surface area contributed by atoms with Gasteiger partial charge in [-0.1, -0.05) is 11.6 Å². The molecule has 0 unspecified atom stereocenters. The zero-order valence-corrected chi connectivity index (χ0v) is 31.3. The number of amides is 1. The Morgan fingerprint density at radius 2 is 1.77 bits per heavy atom. The van der Waals surface area contributed by atoms with E-state index in [-0.39, 0.29) is 67.3 Å². The van der Waals surface area contributed by atoms with E-state index >= 15 is 13.2 Å². The number of anilines is 1. The lowest BCUT2D eigenvalue weighted by Gasteiger charge is -2.24. The van der Waals surface area contributed by atoms with Crippen LogP contribution < -0.4 is 15.6 Å². The van der Waals surface area contributed by atoms with Gasteiger partial charge in [0, 0.05) is 36.6 Å². The monoisotopic (exact) mass is 836 g/mol. The van der Waals surface area contributed by atoms with Crippen LogP contribution in [0, 0.1) is 30.3 Å². The summed E-state index contributed by atoms with van der Waals surface area (Å²) in [5.41, 5.74) is -3.17. The van der Waals surface area contributed by atoms with Crippen LogP contribution in [0.5, 0.6) is 0 Å². The zero-order valence-electron chi connectivity index (χ0n) is 29.7. The van der Waals surface area contributed by atoms with E-state index < -0.39 is 93.5 Å². The lowest BCUT2D eigenvalue weighted by Crippen LogP contribution is -2.38. The van der Waals surface area contributed by atoms with E-state index in [4.69, 9.17) is 11.6 Å². The second-order valence-electron chi connectivity index (χ2n) is 14.1. The standard InChI is InChI=1S/C36H28ClF7N8O4S/c1-14-22(40)6-4-18-28(14)46-34(52(35(18)54)24-7-5-21(37)27-30(24)50(2)48-33(27)49-57(3,55)56)23(10-15-8-16(38)11-17(39)9-15)45-25(53)13-51-31-26(29(47-51)32(41)42)19-12-20(19)36(31,43)44/h4-9,11,19-20,23,32H,10,12-13H2,1-3H3,(H,45,53)(H,48,49)/t19-,20+,23-/m0/s1. The molecule has 12 nitrogen and oxygen atoms in total. The van der Waals surface area contributed by atoms with Crippen molar-refractivity contribution in [1.29, 1.82) is 0 Å².